The van der Waals surface area contributed by atoms with Crippen LogP contribution in [0.4, 0.5) is 79.0 Å². The summed E-state index contributed by atoms with van der Waals surface area (Å²) in [5.74, 6) is -57.6. The molecule has 0 amide bonds. The zero-order valence-corrected chi connectivity index (χ0v) is 12.3. The predicted octanol–water partition coefficient (Wildman–Crippen LogP) is 6.23. The van der Waals surface area contributed by atoms with Gasteiger partial charge in [-0.15, -0.1) is 0 Å². The largest absolute Gasteiger partial charge is 0.460 e. The maximum Gasteiger partial charge on any atom is 0.460 e. The Morgan fingerprint density at radius 1 is 0.483 bits per heavy atom. The molecule has 2 unspecified atom stereocenters. The first kappa shape index (κ1) is 23.8. The normalized spacial score (nSPS) is 34.1. The first-order valence-corrected chi connectivity index (χ1v) is 6.40. The topological polar surface area (TPSA) is 0 Å². The highest BCUT2D eigenvalue weighted by Crippen LogP contribution is 2.85. The summed E-state index contributed by atoms with van der Waals surface area (Å²) < 4.78 is 239. The van der Waals surface area contributed by atoms with E-state index in [1.54, 1.807) is 0 Å². The van der Waals surface area contributed by atoms with Gasteiger partial charge in [-0.3, -0.25) is 0 Å². The number of hydrogen-bond acceptors (Lipinski definition) is 0. The molecule has 2 aliphatic rings. The van der Waals surface area contributed by atoms with Crippen molar-refractivity contribution in [1.29, 1.82) is 0 Å². The summed E-state index contributed by atoms with van der Waals surface area (Å²) in [5, 5.41) is 0. The van der Waals surface area contributed by atoms with E-state index in [0.717, 1.165) is 0 Å². The van der Waals surface area contributed by atoms with Gasteiger partial charge >= 0.3 is 41.7 Å². The molecule has 1 saturated carbocycles. The Morgan fingerprint density at radius 3 is 1.21 bits per heavy atom. The lowest BCUT2D eigenvalue weighted by Crippen LogP contribution is -2.73. The highest BCUT2D eigenvalue weighted by molar-refractivity contribution is 5.53. The Kier molecular flexibility index (Phi) is 4.12. The van der Waals surface area contributed by atoms with Gasteiger partial charge in [-0.1, -0.05) is 0 Å². The SMILES string of the molecule is FC1=C(F)C2(C(F)(F)C(F)(F)C(F)(F)C(F)(F)F)C(F)(F)C(F)(F)C1(F)C2(F)F. The van der Waals surface area contributed by atoms with Crippen LogP contribution in [-0.2, 0) is 0 Å². The second kappa shape index (κ2) is 5.03. The third kappa shape index (κ3) is 1.74. The van der Waals surface area contributed by atoms with Gasteiger partial charge in [0.15, 0.2) is 11.7 Å². The zero-order valence-electron chi connectivity index (χ0n) is 12.3. The minimum atomic E-state index is -8.54. The van der Waals surface area contributed by atoms with Crippen LogP contribution in [0.5, 0.6) is 0 Å². The van der Waals surface area contributed by atoms with Crippen molar-refractivity contribution in [3.8, 4) is 0 Å². The third-order valence-corrected chi connectivity index (χ3v) is 4.64. The summed E-state index contributed by atoms with van der Waals surface area (Å²) in [4.78, 5) is 0. The molecule has 0 N–H and O–H groups in total. The number of alkyl halides is 16. The van der Waals surface area contributed by atoms with Gasteiger partial charge in [-0.25, -0.2) is 22.0 Å². The van der Waals surface area contributed by atoms with Crippen LogP contribution in [0, 0.1) is 5.41 Å². The van der Waals surface area contributed by atoms with Crippen molar-refractivity contribution >= 4 is 0 Å². The molecule has 0 heterocycles. The van der Waals surface area contributed by atoms with Gasteiger partial charge in [0.05, 0.1) is 0 Å². The molecule has 1 fully saturated rings. The van der Waals surface area contributed by atoms with Gasteiger partial charge in [0, 0.05) is 0 Å². The number of fused-ring (bicyclic) bond motifs is 2. The van der Waals surface area contributed by atoms with Crippen molar-refractivity contribution < 1.29 is 79.0 Å². The average Bonchev–Trinajstić information content (AvgIpc) is 2.66. The molecule has 2 aliphatic carbocycles. The molecular formula is C11F18. The van der Waals surface area contributed by atoms with Crippen LogP contribution in [0.3, 0.4) is 0 Å². The second-order valence-corrected chi connectivity index (χ2v) is 5.98. The Hall–Kier alpha value is -1.52. The van der Waals surface area contributed by atoms with Gasteiger partial charge < -0.3 is 0 Å². The van der Waals surface area contributed by atoms with Crippen LogP contribution in [0.25, 0.3) is 0 Å². The van der Waals surface area contributed by atoms with E-state index in [2.05, 4.69) is 0 Å². The third-order valence-electron chi connectivity index (χ3n) is 4.64. The van der Waals surface area contributed by atoms with E-state index in [1.807, 2.05) is 0 Å². The lowest BCUT2D eigenvalue weighted by atomic mass is 9.70. The van der Waals surface area contributed by atoms with Crippen LogP contribution >= 0.6 is 0 Å². The standard InChI is InChI=1S/C11F18/c12-1-2(13)4(14)5(15,16)3(1,6(17,18)8(4,21)22)7(19,20)9(23,24)10(25,26)11(27,28)29. The Balaban J connectivity index is 3.05. The summed E-state index contributed by atoms with van der Waals surface area (Å²) in [6, 6.07) is 0. The molecule has 0 radical (unpaired) electrons. The molecule has 0 spiro atoms. The van der Waals surface area contributed by atoms with Crippen LogP contribution in [0.15, 0.2) is 11.7 Å². The van der Waals surface area contributed by atoms with Crippen molar-refractivity contribution in [2.75, 3.05) is 0 Å². The first-order chi connectivity index (χ1) is 12.3. The van der Waals surface area contributed by atoms with E-state index < -0.39 is 64.4 Å². The van der Waals surface area contributed by atoms with Gasteiger partial charge in [0.25, 0.3) is 5.67 Å². The van der Waals surface area contributed by atoms with Gasteiger partial charge in [0.1, 0.15) is 0 Å². The predicted molar refractivity (Wildman–Crippen MR) is 51.3 cm³/mol. The molecule has 170 valence electrons. The van der Waals surface area contributed by atoms with Gasteiger partial charge in [0.2, 0.25) is 5.41 Å². The smallest absolute Gasteiger partial charge is 0.222 e. The van der Waals surface area contributed by atoms with Crippen LogP contribution < -0.4 is 0 Å². The lowest BCUT2D eigenvalue weighted by molar-refractivity contribution is -0.435. The molecular weight excluding hydrogens is 474 g/mol. The number of halogens is 18. The van der Waals surface area contributed by atoms with E-state index in [9.17, 15) is 79.0 Å². The van der Waals surface area contributed by atoms with Crippen LogP contribution in [-0.4, -0.2) is 47.4 Å². The molecule has 0 saturated heterocycles. The number of allylic oxidation sites excluding steroid dienone is 2. The van der Waals surface area contributed by atoms with Crippen LogP contribution in [0.2, 0.25) is 0 Å². The fourth-order valence-electron chi connectivity index (χ4n) is 3.11. The highest BCUT2D eigenvalue weighted by Gasteiger charge is 3.11. The molecule has 0 aromatic heterocycles. The summed E-state index contributed by atoms with van der Waals surface area (Å²) in [6.45, 7) is 0. The van der Waals surface area contributed by atoms with E-state index in [1.165, 1.54) is 0 Å². The fraction of sp³-hybridized carbons (Fsp3) is 0.818. The van der Waals surface area contributed by atoms with Crippen molar-refractivity contribution in [2.24, 2.45) is 5.41 Å². The Labute approximate surface area is 145 Å². The molecule has 29 heavy (non-hydrogen) atoms. The van der Waals surface area contributed by atoms with E-state index in [0.29, 0.717) is 0 Å². The molecule has 0 nitrogen and oxygen atoms in total. The first-order valence-electron chi connectivity index (χ1n) is 6.40. The monoisotopic (exact) mass is 474 g/mol. The quantitative estimate of drug-likeness (QED) is 0.426. The van der Waals surface area contributed by atoms with Gasteiger partial charge in [-0.05, 0) is 0 Å². The van der Waals surface area contributed by atoms with E-state index >= 15 is 0 Å². The maximum absolute atomic E-state index is 13.9. The zero-order chi connectivity index (χ0) is 23.7. The minimum Gasteiger partial charge on any atom is -0.222 e. The number of hydrogen-bond donors (Lipinski definition) is 0. The van der Waals surface area contributed by atoms with E-state index in [-0.39, 0.29) is 0 Å². The molecule has 2 rings (SSSR count). The molecule has 0 aliphatic heterocycles. The molecule has 2 bridgehead atoms. The molecule has 0 aromatic carbocycles. The van der Waals surface area contributed by atoms with E-state index in [4.69, 9.17) is 0 Å². The van der Waals surface area contributed by atoms with Gasteiger partial charge in [-0.2, -0.15) is 57.1 Å². The second-order valence-electron chi connectivity index (χ2n) is 5.98. The van der Waals surface area contributed by atoms with Crippen molar-refractivity contribution in [2.45, 2.75) is 47.4 Å². The molecule has 0 aromatic rings. The molecule has 18 heteroatoms. The average molecular weight is 474 g/mol. The highest BCUT2D eigenvalue weighted by atomic mass is 19.4. The van der Waals surface area contributed by atoms with Crippen molar-refractivity contribution in [3.63, 3.8) is 0 Å². The minimum absolute atomic E-state index is 4.50. The summed E-state index contributed by atoms with van der Waals surface area (Å²) in [7, 11) is 0. The summed E-state index contributed by atoms with van der Waals surface area (Å²) in [6.07, 6.45) is -7.83. The summed E-state index contributed by atoms with van der Waals surface area (Å²) >= 11 is 0. The summed E-state index contributed by atoms with van der Waals surface area (Å²) in [5.41, 5.74) is -14.9. The Morgan fingerprint density at radius 2 is 0.862 bits per heavy atom. The van der Waals surface area contributed by atoms with Crippen LogP contribution in [0.1, 0.15) is 0 Å². The Bertz CT molecular complexity index is 769. The fourth-order valence-corrected chi connectivity index (χ4v) is 3.11. The van der Waals surface area contributed by atoms with Crippen molar-refractivity contribution in [1.82, 2.24) is 0 Å². The lowest BCUT2D eigenvalue weighted by Gasteiger charge is -2.45. The van der Waals surface area contributed by atoms with Crippen molar-refractivity contribution in [3.05, 3.63) is 11.7 Å². The number of rotatable bonds is 3. The maximum atomic E-state index is 13.9. The molecule has 2 atom stereocenters.